The molecule has 0 aliphatic carbocycles. The maximum absolute atomic E-state index is 11.7. The van der Waals surface area contributed by atoms with Crippen LogP contribution in [0.4, 0.5) is 17.2 Å². The van der Waals surface area contributed by atoms with E-state index >= 15 is 0 Å². The number of anilines is 2. The van der Waals surface area contributed by atoms with E-state index in [1.54, 1.807) is 24.3 Å². The molecule has 8 nitrogen and oxygen atoms in total. The molecule has 2 aromatic carbocycles. The van der Waals surface area contributed by atoms with E-state index in [-0.39, 0.29) is 17.4 Å². The highest BCUT2D eigenvalue weighted by molar-refractivity contribution is 5.69. The quantitative estimate of drug-likeness (QED) is 0.452. The van der Waals surface area contributed by atoms with Gasteiger partial charge in [-0.1, -0.05) is 38.1 Å². The molecule has 0 radical (unpaired) electrons. The molecule has 0 saturated heterocycles. The number of benzene rings is 2. The maximum atomic E-state index is 11.7. The van der Waals surface area contributed by atoms with Crippen molar-refractivity contribution in [2.45, 2.75) is 19.8 Å². The van der Waals surface area contributed by atoms with Gasteiger partial charge in [0.25, 0.3) is 0 Å². The molecule has 0 aliphatic rings. The number of para-hydroxylation sites is 2. The van der Waals surface area contributed by atoms with E-state index in [4.69, 9.17) is 9.47 Å². The normalized spacial score (nSPS) is 10.6. The smallest absolute Gasteiger partial charge is 0.373 e. The molecule has 144 valence electrons. The lowest BCUT2D eigenvalue weighted by atomic mass is 10.0. The van der Waals surface area contributed by atoms with Gasteiger partial charge in [0, 0.05) is 5.69 Å². The Labute approximate surface area is 162 Å². The highest BCUT2D eigenvalue weighted by Crippen LogP contribution is 2.38. The van der Waals surface area contributed by atoms with Crippen molar-refractivity contribution < 1.29 is 14.4 Å². The molecule has 0 amide bonds. The summed E-state index contributed by atoms with van der Waals surface area (Å²) in [6.45, 7) is 4.19. The molecule has 28 heavy (non-hydrogen) atoms. The zero-order chi connectivity index (χ0) is 20.1. The zero-order valence-corrected chi connectivity index (χ0v) is 15.7. The second-order valence-corrected chi connectivity index (χ2v) is 6.29. The van der Waals surface area contributed by atoms with Crippen LogP contribution < -0.4 is 14.8 Å². The predicted octanol–water partition coefficient (Wildman–Crippen LogP) is 5.05. The van der Waals surface area contributed by atoms with Gasteiger partial charge in [-0.2, -0.15) is 4.98 Å². The number of rotatable bonds is 7. The molecule has 0 spiro atoms. The van der Waals surface area contributed by atoms with Crippen molar-refractivity contribution in [1.29, 1.82) is 0 Å². The first kappa shape index (κ1) is 19.1. The fourth-order valence-electron chi connectivity index (χ4n) is 2.59. The summed E-state index contributed by atoms with van der Waals surface area (Å²) in [5.74, 6) is 1.02. The van der Waals surface area contributed by atoms with Gasteiger partial charge < -0.3 is 14.8 Å². The summed E-state index contributed by atoms with van der Waals surface area (Å²) in [5, 5.41) is 14.7. The lowest BCUT2D eigenvalue weighted by molar-refractivity contribution is -0.385. The summed E-state index contributed by atoms with van der Waals surface area (Å²) >= 11 is 0. The van der Waals surface area contributed by atoms with Gasteiger partial charge in [-0.3, -0.25) is 10.1 Å². The summed E-state index contributed by atoms with van der Waals surface area (Å²) in [6, 6.07) is 14.5. The van der Waals surface area contributed by atoms with Gasteiger partial charge in [0.2, 0.25) is 5.82 Å². The topological polar surface area (TPSA) is 99.4 Å². The molecule has 0 aliphatic heterocycles. The maximum Gasteiger partial charge on any atom is 0.373 e. The fraction of sp³-hybridized carbons (Fsp3) is 0.200. The van der Waals surface area contributed by atoms with E-state index < -0.39 is 4.92 Å². The van der Waals surface area contributed by atoms with Crippen molar-refractivity contribution >= 4 is 17.2 Å². The molecular formula is C20H20N4O4. The predicted molar refractivity (Wildman–Crippen MR) is 106 cm³/mol. The summed E-state index contributed by atoms with van der Waals surface area (Å²) in [7, 11) is 1.49. The lowest BCUT2D eigenvalue weighted by Crippen LogP contribution is -2.04. The Morgan fingerprint density at radius 2 is 1.71 bits per heavy atom. The minimum atomic E-state index is -0.574. The van der Waals surface area contributed by atoms with Crippen molar-refractivity contribution in [2.24, 2.45) is 0 Å². The van der Waals surface area contributed by atoms with E-state index in [2.05, 4.69) is 29.1 Å². The molecule has 1 aromatic heterocycles. The highest BCUT2D eigenvalue weighted by atomic mass is 16.6. The van der Waals surface area contributed by atoms with Crippen LogP contribution >= 0.6 is 0 Å². The van der Waals surface area contributed by atoms with Gasteiger partial charge in [0.15, 0.2) is 11.5 Å². The second kappa shape index (κ2) is 8.34. The average molecular weight is 380 g/mol. The van der Waals surface area contributed by atoms with Crippen LogP contribution in [0.2, 0.25) is 0 Å². The van der Waals surface area contributed by atoms with Crippen LogP contribution in [-0.4, -0.2) is 22.0 Å². The zero-order valence-electron chi connectivity index (χ0n) is 15.7. The summed E-state index contributed by atoms with van der Waals surface area (Å²) in [5.41, 5.74) is 1.48. The standard InChI is InChI=1S/C20H20N4O4/c1-13(2)14-8-10-15(11-9-14)23-19-18(24(25)26)20(22-12-21-19)28-17-7-5-4-6-16(17)27-3/h4-13H,1-3H3,(H,21,22,23). The van der Waals surface area contributed by atoms with Crippen LogP contribution in [0, 0.1) is 10.1 Å². The van der Waals surface area contributed by atoms with Crippen molar-refractivity contribution in [2.75, 3.05) is 12.4 Å². The minimum absolute atomic E-state index is 0.0437. The Hall–Kier alpha value is -3.68. The van der Waals surface area contributed by atoms with Gasteiger partial charge in [-0.05, 0) is 35.7 Å². The third-order valence-electron chi connectivity index (χ3n) is 4.09. The van der Waals surface area contributed by atoms with Gasteiger partial charge in [0.1, 0.15) is 6.33 Å². The van der Waals surface area contributed by atoms with Crippen LogP contribution in [0.15, 0.2) is 54.9 Å². The number of aromatic nitrogens is 2. The number of methoxy groups -OCH3 is 1. The Morgan fingerprint density at radius 1 is 1.04 bits per heavy atom. The van der Waals surface area contributed by atoms with Crippen molar-refractivity contribution in [1.82, 2.24) is 9.97 Å². The fourth-order valence-corrected chi connectivity index (χ4v) is 2.59. The molecule has 1 N–H and O–H groups in total. The molecule has 0 fully saturated rings. The van der Waals surface area contributed by atoms with Crippen molar-refractivity contribution in [3.8, 4) is 17.4 Å². The SMILES string of the molecule is COc1ccccc1Oc1ncnc(Nc2ccc(C(C)C)cc2)c1[N+](=O)[O-]. The van der Waals surface area contributed by atoms with Gasteiger partial charge in [-0.25, -0.2) is 4.98 Å². The average Bonchev–Trinajstić information content (AvgIpc) is 2.68. The first-order valence-electron chi connectivity index (χ1n) is 8.67. The van der Waals surface area contributed by atoms with Crippen LogP contribution in [0.3, 0.4) is 0 Å². The van der Waals surface area contributed by atoms with Gasteiger partial charge >= 0.3 is 11.6 Å². The third kappa shape index (κ3) is 4.17. The molecule has 0 unspecified atom stereocenters. The molecule has 0 atom stereocenters. The largest absolute Gasteiger partial charge is 0.493 e. The third-order valence-corrected chi connectivity index (χ3v) is 4.09. The Morgan fingerprint density at radius 3 is 2.32 bits per heavy atom. The number of nitro groups is 1. The molecule has 0 bridgehead atoms. The summed E-state index contributed by atoms with van der Waals surface area (Å²) in [4.78, 5) is 19.1. The number of hydrogen-bond acceptors (Lipinski definition) is 7. The van der Waals surface area contributed by atoms with E-state index in [9.17, 15) is 10.1 Å². The Kier molecular flexibility index (Phi) is 5.69. The van der Waals surface area contributed by atoms with Gasteiger partial charge in [0.05, 0.1) is 12.0 Å². The number of nitrogens with one attached hydrogen (secondary N) is 1. The number of ether oxygens (including phenoxy) is 2. The van der Waals surface area contributed by atoms with Crippen LogP contribution in [0.1, 0.15) is 25.3 Å². The summed E-state index contributed by atoms with van der Waals surface area (Å²) in [6.07, 6.45) is 1.21. The van der Waals surface area contributed by atoms with Crippen molar-refractivity contribution in [3.63, 3.8) is 0 Å². The molecule has 0 saturated carbocycles. The van der Waals surface area contributed by atoms with Crippen LogP contribution in [0.5, 0.6) is 17.4 Å². The van der Waals surface area contributed by atoms with E-state index in [0.717, 1.165) is 0 Å². The second-order valence-electron chi connectivity index (χ2n) is 6.29. The molecule has 1 heterocycles. The molecule has 3 aromatic rings. The van der Waals surface area contributed by atoms with E-state index in [0.29, 0.717) is 23.1 Å². The molecule has 8 heteroatoms. The van der Waals surface area contributed by atoms with E-state index in [1.165, 1.54) is 19.0 Å². The highest BCUT2D eigenvalue weighted by Gasteiger charge is 2.26. The first-order valence-corrected chi connectivity index (χ1v) is 8.67. The monoisotopic (exact) mass is 380 g/mol. The molecular weight excluding hydrogens is 360 g/mol. The minimum Gasteiger partial charge on any atom is -0.493 e. The van der Waals surface area contributed by atoms with E-state index in [1.807, 2.05) is 24.3 Å². The Balaban J connectivity index is 1.94. The van der Waals surface area contributed by atoms with Crippen LogP contribution in [-0.2, 0) is 0 Å². The van der Waals surface area contributed by atoms with Crippen LogP contribution in [0.25, 0.3) is 0 Å². The first-order chi connectivity index (χ1) is 13.5. The lowest BCUT2D eigenvalue weighted by Gasteiger charge is -2.12. The molecule has 3 rings (SSSR count). The van der Waals surface area contributed by atoms with Crippen molar-refractivity contribution in [3.05, 3.63) is 70.5 Å². The van der Waals surface area contributed by atoms with Gasteiger partial charge in [-0.15, -0.1) is 0 Å². The summed E-state index contributed by atoms with van der Waals surface area (Å²) < 4.78 is 10.9. The Bertz CT molecular complexity index is 974. The number of hydrogen-bond donors (Lipinski definition) is 1. The number of nitrogens with zero attached hydrogens (tertiary/aromatic N) is 3.